The van der Waals surface area contributed by atoms with E-state index in [2.05, 4.69) is 0 Å². The summed E-state index contributed by atoms with van der Waals surface area (Å²) in [6.07, 6.45) is -0.687. The highest BCUT2D eigenvalue weighted by Crippen LogP contribution is 2.20. The number of nitrogens with zero attached hydrogens (tertiary/aromatic N) is 1. The molecule has 0 unspecified atom stereocenters. The van der Waals surface area contributed by atoms with Gasteiger partial charge in [-0.05, 0) is 45.0 Å². The molecule has 0 radical (unpaired) electrons. The van der Waals surface area contributed by atoms with Crippen molar-refractivity contribution in [2.75, 3.05) is 4.90 Å². The van der Waals surface area contributed by atoms with E-state index in [4.69, 9.17) is 4.74 Å². The molecule has 4 heteroatoms. The summed E-state index contributed by atoms with van der Waals surface area (Å²) in [5, 5.41) is 0. The van der Waals surface area contributed by atoms with Gasteiger partial charge in [-0.15, -0.1) is 0 Å². The van der Waals surface area contributed by atoms with Crippen molar-refractivity contribution in [3.05, 3.63) is 66.2 Å². The van der Waals surface area contributed by atoms with Crippen LogP contribution < -0.4 is 4.90 Å². The van der Waals surface area contributed by atoms with Gasteiger partial charge < -0.3 is 4.74 Å². The number of ether oxygens (including phenoxy) is 1. The number of para-hydroxylation sites is 1. The minimum atomic E-state index is -0.687. The van der Waals surface area contributed by atoms with Crippen LogP contribution in [0.4, 0.5) is 10.5 Å². The third-order valence-corrected chi connectivity index (χ3v) is 2.81. The molecule has 0 heterocycles. The molecule has 0 saturated heterocycles. The van der Waals surface area contributed by atoms with Crippen LogP contribution in [0.1, 0.15) is 31.1 Å². The molecule has 0 saturated carbocycles. The fraction of sp³-hybridized carbons (Fsp3) is 0.222. The van der Waals surface area contributed by atoms with Crippen molar-refractivity contribution < 1.29 is 14.3 Å². The molecule has 2 aromatic carbocycles. The van der Waals surface area contributed by atoms with Gasteiger partial charge in [0.15, 0.2) is 0 Å². The third-order valence-electron chi connectivity index (χ3n) is 2.81. The van der Waals surface area contributed by atoms with Gasteiger partial charge in [0.25, 0.3) is 5.91 Å². The highest BCUT2D eigenvalue weighted by Gasteiger charge is 2.29. The van der Waals surface area contributed by atoms with E-state index >= 15 is 0 Å². The Morgan fingerprint density at radius 3 is 1.86 bits per heavy atom. The average molecular weight is 297 g/mol. The monoisotopic (exact) mass is 297 g/mol. The summed E-state index contributed by atoms with van der Waals surface area (Å²) in [7, 11) is 0. The zero-order chi connectivity index (χ0) is 16.2. The zero-order valence-electron chi connectivity index (χ0n) is 12.9. The Hall–Kier alpha value is -2.62. The van der Waals surface area contributed by atoms with Gasteiger partial charge in [0.05, 0.1) is 5.69 Å². The van der Waals surface area contributed by atoms with Gasteiger partial charge in [0.2, 0.25) is 0 Å². The number of hydrogen-bond donors (Lipinski definition) is 0. The Balaban J connectivity index is 2.38. The number of carbonyl (C=O) groups excluding carboxylic acids is 2. The summed E-state index contributed by atoms with van der Waals surface area (Å²) in [6, 6.07) is 17.4. The lowest BCUT2D eigenvalue weighted by atomic mass is 10.2. The number of anilines is 1. The van der Waals surface area contributed by atoms with Crippen LogP contribution in [0.3, 0.4) is 0 Å². The van der Waals surface area contributed by atoms with Crippen molar-refractivity contribution in [1.29, 1.82) is 0 Å². The van der Waals surface area contributed by atoms with E-state index in [-0.39, 0.29) is 0 Å². The fourth-order valence-corrected chi connectivity index (χ4v) is 1.90. The number of carbonyl (C=O) groups is 2. The first-order valence-electron chi connectivity index (χ1n) is 7.06. The summed E-state index contributed by atoms with van der Waals surface area (Å²) in [5.41, 5.74) is 0.226. The topological polar surface area (TPSA) is 46.6 Å². The van der Waals surface area contributed by atoms with Crippen molar-refractivity contribution in [2.45, 2.75) is 26.4 Å². The summed E-state index contributed by atoms with van der Waals surface area (Å²) in [5.74, 6) is -0.416. The van der Waals surface area contributed by atoms with E-state index in [0.29, 0.717) is 11.3 Å². The maximum Gasteiger partial charge on any atom is 0.422 e. The quantitative estimate of drug-likeness (QED) is 0.831. The molecule has 0 fully saturated rings. The van der Waals surface area contributed by atoms with Gasteiger partial charge in [-0.25, -0.2) is 9.69 Å². The highest BCUT2D eigenvalue weighted by atomic mass is 16.6. The van der Waals surface area contributed by atoms with Gasteiger partial charge in [0.1, 0.15) is 5.60 Å². The van der Waals surface area contributed by atoms with E-state index in [9.17, 15) is 9.59 Å². The molecule has 2 rings (SSSR count). The van der Waals surface area contributed by atoms with Gasteiger partial charge in [-0.3, -0.25) is 4.79 Å². The zero-order valence-corrected chi connectivity index (χ0v) is 12.9. The molecule has 0 bridgehead atoms. The largest absolute Gasteiger partial charge is 0.443 e. The Labute approximate surface area is 130 Å². The van der Waals surface area contributed by atoms with Gasteiger partial charge >= 0.3 is 6.09 Å². The smallest absolute Gasteiger partial charge is 0.422 e. The predicted molar refractivity (Wildman–Crippen MR) is 85.9 cm³/mol. The number of benzene rings is 2. The van der Waals surface area contributed by atoms with Crippen LogP contribution in [0.5, 0.6) is 0 Å². The van der Waals surface area contributed by atoms with Gasteiger partial charge in [-0.1, -0.05) is 36.4 Å². The number of hydrogen-bond acceptors (Lipinski definition) is 3. The molecule has 0 aromatic heterocycles. The average Bonchev–Trinajstić information content (AvgIpc) is 2.47. The van der Waals surface area contributed by atoms with Gasteiger partial charge in [0, 0.05) is 5.56 Å². The minimum Gasteiger partial charge on any atom is -0.443 e. The van der Waals surface area contributed by atoms with E-state index in [1.54, 1.807) is 69.3 Å². The van der Waals surface area contributed by atoms with Crippen LogP contribution in [0.25, 0.3) is 0 Å². The third kappa shape index (κ3) is 3.95. The second-order valence-electron chi connectivity index (χ2n) is 5.82. The maximum atomic E-state index is 12.7. The molecular weight excluding hydrogens is 278 g/mol. The molecule has 0 spiro atoms. The van der Waals surface area contributed by atoms with Crippen LogP contribution in [0.2, 0.25) is 0 Å². The van der Waals surface area contributed by atoms with Crippen molar-refractivity contribution in [1.82, 2.24) is 0 Å². The standard InChI is InChI=1S/C18H19NO3/c1-18(2,3)22-17(21)19(15-12-8-5-9-13-15)16(20)14-10-6-4-7-11-14/h4-13H,1-3H3. The highest BCUT2D eigenvalue weighted by molar-refractivity contribution is 6.19. The molecule has 22 heavy (non-hydrogen) atoms. The molecule has 0 aliphatic rings. The van der Waals surface area contributed by atoms with Crippen LogP contribution in [-0.4, -0.2) is 17.6 Å². The molecule has 0 aliphatic carbocycles. The molecular formula is C18H19NO3. The second kappa shape index (κ2) is 6.43. The van der Waals surface area contributed by atoms with Crippen LogP contribution >= 0.6 is 0 Å². The second-order valence-corrected chi connectivity index (χ2v) is 5.82. The predicted octanol–water partition coefficient (Wildman–Crippen LogP) is 4.27. The molecule has 114 valence electrons. The molecule has 2 aromatic rings. The maximum absolute atomic E-state index is 12.7. The Bertz CT molecular complexity index is 645. The fourth-order valence-electron chi connectivity index (χ4n) is 1.90. The van der Waals surface area contributed by atoms with E-state index in [0.717, 1.165) is 4.90 Å². The van der Waals surface area contributed by atoms with Crippen molar-refractivity contribution in [3.63, 3.8) is 0 Å². The summed E-state index contributed by atoms with van der Waals surface area (Å²) >= 11 is 0. The minimum absolute atomic E-state index is 0.416. The van der Waals surface area contributed by atoms with E-state index in [1.807, 2.05) is 12.1 Å². The Morgan fingerprint density at radius 2 is 1.36 bits per heavy atom. The molecule has 2 amide bonds. The lowest BCUT2D eigenvalue weighted by Crippen LogP contribution is -2.41. The first-order chi connectivity index (χ1) is 10.4. The molecule has 0 atom stereocenters. The summed E-state index contributed by atoms with van der Waals surface area (Å²) in [6.45, 7) is 5.29. The summed E-state index contributed by atoms with van der Waals surface area (Å²) in [4.78, 5) is 26.2. The van der Waals surface area contributed by atoms with Crippen molar-refractivity contribution >= 4 is 17.7 Å². The summed E-state index contributed by atoms with van der Waals surface area (Å²) < 4.78 is 5.36. The molecule has 0 N–H and O–H groups in total. The number of amides is 2. The molecule has 0 aliphatic heterocycles. The van der Waals surface area contributed by atoms with Crippen LogP contribution in [0, 0.1) is 0 Å². The Kier molecular flexibility index (Phi) is 4.61. The first kappa shape index (κ1) is 15.8. The lowest BCUT2D eigenvalue weighted by molar-refractivity contribution is 0.0564. The van der Waals surface area contributed by atoms with Crippen LogP contribution in [0.15, 0.2) is 60.7 Å². The Morgan fingerprint density at radius 1 is 0.864 bits per heavy atom. The first-order valence-corrected chi connectivity index (χ1v) is 7.06. The van der Waals surface area contributed by atoms with Crippen LogP contribution in [-0.2, 0) is 4.74 Å². The van der Waals surface area contributed by atoms with Crippen molar-refractivity contribution in [2.24, 2.45) is 0 Å². The number of imide groups is 1. The SMILES string of the molecule is CC(C)(C)OC(=O)N(C(=O)c1ccccc1)c1ccccc1. The number of rotatable bonds is 2. The van der Waals surface area contributed by atoms with E-state index in [1.165, 1.54) is 0 Å². The van der Waals surface area contributed by atoms with E-state index < -0.39 is 17.6 Å². The molecule has 4 nitrogen and oxygen atoms in total. The lowest BCUT2D eigenvalue weighted by Gasteiger charge is -2.26. The van der Waals surface area contributed by atoms with Crippen molar-refractivity contribution in [3.8, 4) is 0 Å². The normalized spacial score (nSPS) is 10.9. The van der Waals surface area contributed by atoms with Gasteiger partial charge in [-0.2, -0.15) is 0 Å².